The van der Waals surface area contributed by atoms with E-state index < -0.39 is 0 Å². The molecule has 0 aliphatic heterocycles. The van der Waals surface area contributed by atoms with E-state index in [1.165, 1.54) is 16.9 Å². The van der Waals surface area contributed by atoms with Gasteiger partial charge in [0.15, 0.2) is 0 Å². The lowest BCUT2D eigenvalue weighted by Crippen LogP contribution is -2.35. The van der Waals surface area contributed by atoms with Crippen LogP contribution in [0.15, 0.2) is 36.5 Å². The van der Waals surface area contributed by atoms with Crippen LogP contribution < -0.4 is 5.32 Å². The van der Waals surface area contributed by atoms with E-state index in [-0.39, 0.29) is 0 Å². The minimum atomic E-state index is 0.386. The smallest absolute Gasteiger partial charge is 0.113 e. The first-order valence-corrected chi connectivity index (χ1v) is 8.54. The lowest BCUT2D eigenvalue weighted by Gasteiger charge is -2.30. The van der Waals surface area contributed by atoms with Gasteiger partial charge < -0.3 is 5.32 Å². The Bertz CT molecular complexity index is 525. The number of nitrogens with zero attached hydrogens (tertiary/aromatic N) is 2. The van der Waals surface area contributed by atoms with Crippen molar-refractivity contribution >= 4 is 22.9 Å². The zero-order valence-corrected chi connectivity index (χ0v) is 14.1. The highest BCUT2D eigenvalue weighted by atomic mass is 35.5. The summed E-state index contributed by atoms with van der Waals surface area (Å²) < 4.78 is 0.746. The molecular formula is C16H22ClN3S. The Balaban J connectivity index is 1.99. The average molecular weight is 324 g/mol. The number of hydrogen-bond donors (Lipinski definition) is 1. The molecule has 1 aromatic carbocycles. The standard InChI is InChI=1S/C16H22ClN3S/c1-3-20(4-2)14(13-8-6-5-7-9-13)10-18-12-16-19-11-15(17)21-16/h5-9,11,14,18H,3-4,10,12H2,1-2H3. The Morgan fingerprint density at radius 2 is 1.95 bits per heavy atom. The zero-order valence-electron chi connectivity index (χ0n) is 12.6. The van der Waals surface area contributed by atoms with Crippen molar-refractivity contribution in [1.82, 2.24) is 15.2 Å². The van der Waals surface area contributed by atoms with Crippen molar-refractivity contribution < 1.29 is 0 Å². The third kappa shape index (κ3) is 4.78. The van der Waals surface area contributed by atoms with Crippen LogP contribution in [0, 0.1) is 0 Å². The van der Waals surface area contributed by atoms with Crippen molar-refractivity contribution in [3.63, 3.8) is 0 Å². The molecule has 1 heterocycles. The van der Waals surface area contributed by atoms with Gasteiger partial charge in [-0.15, -0.1) is 11.3 Å². The lowest BCUT2D eigenvalue weighted by molar-refractivity contribution is 0.213. The van der Waals surface area contributed by atoms with Gasteiger partial charge in [-0.05, 0) is 18.7 Å². The van der Waals surface area contributed by atoms with Crippen LogP contribution in [-0.4, -0.2) is 29.5 Å². The van der Waals surface area contributed by atoms with Gasteiger partial charge in [-0.25, -0.2) is 4.98 Å². The molecule has 2 aromatic rings. The Labute approximate surface area is 136 Å². The molecule has 0 amide bonds. The maximum Gasteiger partial charge on any atom is 0.113 e. The number of halogens is 1. The average Bonchev–Trinajstić information content (AvgIpc) is 2.93. The molecule has 0 radical (unpaired) electrons. The molecule has 0 spiro atoms. The van der Waals surface area contributed by atoms with Crippen LogP contribution >= 0.6 is 22.9 Å². The molecular weight excluding hydrogens is 302 g/mol. The summed E-state index contributed by atoms with van der Waals surface area (Å²) in [5.41, 5.74) is 1.35. The van der Waals surface area contributed by atoms with Crippen molar-refractivity contribution in [1.29, 1.82) is 0 Å². The van der Waals surface area contributed by atoms with Gasteiger partial charge in [-0.3, -0.25) is 4.90 Å². The largest absolute Gasteiger partial charge is 0.309 e. The number of rotatable bonds is 8. The maximum atomic E-state index is 5.91. The topological polar surface area (TPSA) is 28.2 Å². The zero-order chi connectivity index (χ0) is 15.1. The Hall–Kier alpha value is -0.940. The second-order valence-corrected chi connectivity index (χ2v) is 6.58. The van der Waals surface area contributed by atoms with Crippen molar-refractivity contribution in [2.45, 2.75) is 26.4 Å². The van der Waals surface area contributed by atoms with Crippen molar-refractivity contribution in [3.05, 3.63) is 51.4 Å². The predicted octanol–water partition coefficient (Wildman–Crippen LogP) is 3.97. The fourth-order valence-electron chi connectivity index (χ4n) is 2.48. The van der Waals surface area contributed by atoms with Crippen LogP contribution in [0.2, 0.25) is 4.34 Å². The van der Waals surface area contributed by atoms with Crippen molar-refractivity contribution in [2.24, 2.45) is 0 Å². The van der Waals surface area contributed by atoms with Crippen molar-refractivity contribution in [2.75, 3.05) is 19.6 Å². The van der Waals surface area contributed by atoms with Gasteiger partial charge in [-0.2, -0.15) is 0 Å². The Kier molecular flexibility index (Phi) is 6.64. The predicted molar refractivity (Wildman–Crippen MR) is 90.9 cm³/mol. The molecule has 21 heavy (non-hydrogen) atoms. The summed E-state index contributed by atoms with van der Waals surface area (Å²) in [5.74, 6) is 0. The molecule has 3 nitrogen and oxygen atoms in total. The van der Waals surface area contributed by atoms with E-state index in [4.69, 9.17) is 11.6 Å². The molecule has 0 aliphatic carbocycles. The SMILES string of the molecule is CCN(CC)C(CNCc1ncc(Cl)s1)c1ccccc1. The molecule has 1 atom stereocenters. The molecule has 1 aromatic heterocycles. The third-order valence-corrected chi connectivity index (χ3v) is 4.69. The monoisotopic (exact) mass is 323 g/mol. The highest BCUT2D eigenvalue weighted by Gasteiger charge is 2.17. The summed E-state index contributed by atoms with van der Waals surface area (Å²) in [6, 6.07) is 11.1. The van der Waals surface area contributed by atoms with E-state index in [2.05, 4.69) is 59.4 Å². The summed E-state index contributed by atoms with van der Waals surface area (Å²) in [6.45, 7) is 8.17. The first kappa shape index (κ1) is 16.4. The molecule has 1 unspecified atom stereocenters. The first-order chi connectivity index (χ1) is 10.2. The van der Waals surface area contributed by atoms with Gasteiger partial charge in [-0.1, -0.05) is 55.8 Å². The van der Waals surface area contributed by atoms with E-state index in [0.29, 0.717) is 6.04 Å². The fraction of sp³-hybridized carbons (Fsp3) is 0.438. The summed E-state index contributed by atoms with van der Waals surface area (Å²) in [6.07, 6.45) is 1.71. The first-order valence-electron chi connectivity index (χ1n) is 7.34. The van der Waals surface area contributed by atoms with E-state index in [0.717, 1.165) is 35.5 Å². The normalized spacial score (nSPS) is 12.8. The van der Waals surface area contributed by atoms with Gasteiger partial charge in [0.25, 0.3) is 0 Å². The summed E-state index contributed by atoms with van der Waals surface area (Å²) >= 11 is 7.45. The lowest BCUT2D eigenvalue weighted by atomic mass is 10.1. The molecule has 0 bridgehead atoms. The molecule has 114 valence electrons. The Morgan fingerprint density at radius 3 is 2.52 bits per heavy atom. The van der Waals surface area contributed by atoms with Crippen LogP contribution in [0.1, 0.15) is 30.5 Å². The molecule has 0 fully saturated rings. The van der Waals surface area contributed by atoms with Gasteiger partial charge in [0.2, 0.25) is 0 Å². The maximum absolute atomic E-state index is 5.91. The highest BCUT2D eigenvalue weighted by molar-refractivity contribution is 7.15. The number of aromatic nitrogens is 1. The number of thiazole rings is 1. The molecule has 0 aliphatic rings. The van der Waals surface area contributed by atoms with Crippen LogP contribution in [-0.2, 0) is 6.54 Å². The van der Waals surface area contributed by atoms with E-state index in [1.807, 2.05) is 0 Å². The second-order valence-electron chi connectivity index (χ2n) is 4.84. The van der Waals surface area contributed by atoms with Gasteiger partial charge >= 0.3 is 0 Å². The highest BCUT2D eigenvalue weighted by Crippen LogP contribution is 2.21. The Morgan fingerprint density at radius 1 is 1.24 bits per heavy atom. The van der Waals surface area contributed by atoms with Gasteiger partial charge in [0.05, 0.1) is 6.20 Å². The number of likely N-dealkylation sites (N-methyl/N-ethyl adjacent to an activating group) is 1. The number of hydrogen-bond acceptors (Lipinski definition) is 4. The minimum absolute atomic E-state index is 0.386. The quantitative estimate of drug-likeness (QED) is 0.796. The van der Waals surface area contributed by atoms with Crippen LogP contribution in [0.25, 0.3) is 0 Å². The fourth-order valence-corrected chi connectivity index (χ4v) is 3.41. The minimum Gasteiger partial charge on any atom is -0.309 e. The molecule has 1 N–H and O–H groups in total. The van der Waals surface area contributed by atoms with Gasteiger partial charge in [0, 0.05) is 19.1 Å². The summed E-state index contributed by atoms with van der Waals surface area (Å²) in [4.78, 5) is 6.75. The number of nitrogens with one attached hydrogen (secondary N) is 1. The van der Waals surface area contributed by atoms with Crippen LogP contribution in [0.4, 0.5) is 0 Å². The van der Waals surface area contributed by atoms with Gasteiger partial charge in [0.1, 0.15) is 9.34 Å². The summed E-state index contributed by atoms with van der Waals surface area (Å²) in [5, 5.41) is 4.54. The summed E-state index contributed by atoms with van der Waals surface area (Å²) in [7, 11) is 0. The molecule has 0 saturated carbocycles. The van der Waals surface area contributed by atoms with Crippen LogP contribution in [0.3, 0.4) is 0 Å². The number of benzene rings is 1. The second kappa shape index (κ2) is 8.49. The third-order valence-electron chi connectivity index (χ3n) is 3.58. The van der Waals surface area contributed by atoms with E-state index in [1.54, 1.807) is 6.20 Å². The molecule has 0 saturated heterocycles. The van der Waals surface area contributed by atoms with E-state index >= 15 is 0 Å². The van der Waals surface area contributed by atoms with Crippen LogP contribution in [0.5, 0.6) is 0 Å². The molecule has 2 rings (SSSR count). The molecule has 5 heteroatoms. The van der Waals surface area contributed by atoms with E-state index in [9.17, 15) is 0 Å². The van der Waals surface area contributed by atoms with Crippen molar-refractivity contribution in [3.8, 4) is 0 Å².